The third-order valence-electron chi connectivity index (χ3n) is 2.51. The van der Waals surface area contributed by atoms with Crippen molar-refractivity contribution in [3.05, 3.63) is 42.4 Å². The summed E-state index contributed by atoms with van der Waals surface area (Å²) in [5.74, 6) is 0.826. The Morgan fingerprint density at radius 1 is 1.31 bits per heavy atom. The van der Waals surface area contributed by atoms with E-state index in [9.17, 15) is 0 Å². The van der Waals surface area contributed by atoms with Crippen molar-refractivity contribution in [3.8, 4) is 10.6 Å². The van der Waals surface area contributed by atoms with Crippen molar-refractivity contribution in [1.29, 1.82) is 0 Å². The number of fused-ring (bicyclic) bond motifs is 1. The molecule has 0 bridgehead atoms. The normalized spacial score (nSPS) is 11.1. The van der Waals surface area contributed by atoms with Gasteiger partial charge in [-0.2, -0.15) is 0 Å². The van der Waals surface area contributed by atoms with E-state index in [0.29, 0.717) is 6.54 Å². The van der Waals surface area contributed by atoms with E-state index in [2.05, 4.69) is 40.3 Å². The molecule has 0 amide bonds. The van der Waals surface area contributed by atoms with Gasteiger partial charge in [0.25, 0.3) is 0 Å². The molecule has 0 atom stereocenters. The minimum Gasteiger partial charge on any atom is -0.340 e. The van der Waals surface area contributed by atoms with E-state index in [4.69, 9.17) is 5.73 Å². The van der Waals surface area contributed by atoms with E-state index in [1.807, 2.05) is 6.20 Å². The highest BCUT2D eigenvalue weighted by atomic mass is 32.1. The van der Waals surface area contributed by atoms with Gasteiger partial charge in [0.1, 0.15) is 5.82 Å². The molecule has 80 valence electrons. The molecule has 0 saturated carbocycles. The van der Waals surface area contributed by atoms with Crippen molar-refractivity contribution < 1.29 is 0 Å². The number of imidazole rings is 1. The second-order valence-electron chi connectivity index (χ2n) is 3.60. The lowest BCUT2D eigenvalue weighted by atomic mass is 10.2. The van der Waals surface area contributed by atoms with Gasteiger partial charge in [-0.3, -0.25) is 0 Å². The first-order valence-electron chi connectivity index (χ1n) is 5.10. The molecule has 3 nitrogen and oxygen atoms in total. The number of hydrogen-bond acceptors (Lipinski definition) is 3. The maximum atomic E-state index is 5.53. The summed E-state index contributed by atoms with van der Waals surface area (Å²) in [4.78, 5) is 8.62. The molecule has 0 unspecified atom stereocenters. The predicted molar refractivity (Wildman–Crippen MR) is 67.3 cm³/mol. The minimum absolute atomic E-state index is 0.449. The summed E-state index contributed by atoms with van der Waals surface area (Å²) < 4.78 is 1.29. The standard InChI is InChI=1S/C12H11N3S/c13-6-12-14-7-9(15-12)11-5-8-3-1-2-4-10(8)16-11/h1-5,7H,6,13H2,(H,14,15). The van der Waals surface area contributed by atoms with Gasteiger partial charge in [0.05, 0.1) is 23.3 Å². The number of nitrogens with one attached hydrogen (secondary N) is 1. The SMILES string of the molecule is NCc1ncc(-c2cc3ccccc3s2)[nH]1. The van der Waals surface area contributed by atoms with E-state index in [1.165, 1.54) is 15.0 Å². The molecular weight excluding hydrogens is 218 g/mol. The number of aromatic amines is 1. The second kappa shape index (κ2) is 3.73. The molecule has 0 saturated heterocycles. The molecule has 1 aromatic carbocycles. The van der Waals surface area contributed by atoms with Gasteiger partial charge in [0.15, 0.2) is 0 Å². The van der Waals surface area contributed by atoms with Gasteiger partial charge in [-0.1, -0.05) is 18.2 Å². The summed E-state index contributed by atoms with van der Waals surface area (Å²) in [5.41, 5.74) is 6.57. The zero-order chi connectivity index (χ0) is 11.0. The first-order valence-corrected chi connectivity index (χ1v) is 5.91. The van der Waals surface area contributed by atoms with Gasteiger partial charge in [-0.05, 0) is 17.5 Å². The number of benzene rings is 1. The van der Waals surface area contributed by atoms with Crippen LogP contribution in [0.4, 0.5) is 0 Å². The molecule has 3 rings (SSSR count). The van der Waals surface area contributed by atoms with Crippen LogP contribution in [0.1, 0.15) is 5.82 Å². The molecule has 2 aromatic heterocycles. The number of thiophene rings is 1. The van der Waals surface area contributed by atoms with Crippen LogP contribution in [0.25, 0.3) is 20.7 Å². The summed E-state index contributed by atoms with van der Waals surface area (Å²) in [7, 11) is 0. The third-order valence-corrected chi connectivity index (χ3v) is 3.66. The summed E-state index contributed by atoms with van der Waals surface area (Å²) in [6, 6.07) is 10.5. The second-order valence-corrected chi connectivity index (χ2v) is 4.68. The number of nitrogens with two attached hydrogens (primary N) is 1. The van der Waals surface area contributed by atoms with Crippen molar-refractivity contribution in [2.24, 2.45) is 5.73 Å². The Morgan fingerprint density at radius 3 is 2.94 bits per heavy atom. The lowest BCUT2D eigenvalue weighted by Crippen LogP contribution is -1.97. The Kier molecular flexibility index (Phi) is 2.23. The molecule has 0 spiro atoms. The van der Waals surface area contributed by atoms with E-state index in [0.717, 1.165) is 11.5 Å². The first-order chi connectivity index (χ1) is 7.86. The quantitative estimate of drug-likeness (QED) is 0.710. The highest BCUT2D eigenvalue weighted by molar-refractivity contribution is 7.22. The highest BCUT2D eigenvalue weighted by Crippen LogP contribution is 2.32. The fourth-order valence-electron chi connectivity index (χ4n) is 1.71. The molecule has 0 aliphatic heterocycles. The molecule has 3 N–H and O–H groups in total. The van der Waals surface area contributed by atoms with Gasteiger partial charge in [0.2, 0.25) is 0 Å². The van der Waals surface area contributed by atoms with Crippen molar-refractivity contribution >= 4 is 21.4 Å². The molecule has 0 aliphatic rings. The maximum Gasteiger partial charge on any atom is 0.120 e. The largest absolute Gasteiger partial charge is 0.340 e. The molecule has 2 heterocycles. The van der Waals surface area contributed by atoms with Crippen LogP contribution in [0.2, 0.25) is 0 Å². The van der Waals surface area contributed by atoms with Crippen LogP contribution >= 0.6 is 11.3 Å². The number of rotatable bonds is 2. The van der Waals surface area contributed by atoms with Gasteiger partial charge in [0, 0.05) is 4.70 Å². The third kappa shape index (κ3) is 1.52. The molecule has 3 aromatic rings. The molecule has 4 heteroatoms. The molecule has 0 fully saturated rings. The van der Waals surface area contributed by atoms with Gasteiger partial charge in [-0.15, -0.1) is 11.3 Å². The van der Waals surface area contributed by atoms with Gasteiger partial charge < -0.3 is 10.7 Å². The molecule has 16 heavy (non-hydrogen) atoms. The Morgan fingerprint density at radius 2 is 2.19 bits per heavy atom. The maximum absolute atomic E-state index is 5.53. The van der Waals surface area contributed by atoms with Gasteiger partial charge in [-0.25, -0.2) is 4.98 Å². The van der Waals surface area contributed by atoms with Crippen molar-refractivity contribution in [2.75, 3.05) is 0 Å². The number of aromatic nitrogens is 2. The van der Waals surface area contributed by atoms with Crippen LogP contribution in [0, 0.1) is 0 Å². The summed E-state index contributed by atoms with van der Waals surface area (Å²) in [6.45, 7) is 0.449. The van der Waals surface area contributed by atoms with Crippen LogP contribution in [-0.2, 0) is 6.54 Å². The molecular formula is C12H11N3S. The fourth-order valence-corrected chi connectivity index (χ4v) is 2.73. The van der Waals surface area contributed by atoms with Crippen molar-refractivity contribution in [1.82, 2.24) is 9.97 Å². The zero-order valence-electron chi connectivity index (χ0n) is 8.60. The van der Waals surface area contributed by atoms with E-state index < -0.39 is 0 Å². The van der Waals surface area contributed by atoms with Crippen LogP contribution in [-0.4, -0.2) is 9.97 Å². The first kappa shape index (κ1) is 9.57. The average Bonchev–Trinajstić information content (AvgIpc) is 2.95. The Hall–Kier alpha value is -1.65. The van der Waals surface area contributed by atoms with Crippen LogP contribution < -0.4 is 5.73 Å². The van der Waals surface area contributed by atoms with E-state index in [-0.39, 0.29) is 0 Å². The Bertz CT molecular complexity index is 591. The monoisotopic (exact) mass is 229 g/mol. The summed E-state index contributed by atoms with van der Waals surface area (Å²) >= 11 is 1.76. The van der Waals surface area contributed by atoms with E-state index >= 15 is 0 Å². The number of hydrogen-bond donors (Lipinski definition) is 2. The van der Waals surface area contributed by atoms with Crippen LogP contribution in [0.5, 0.6) is 0 Å². The smallest absolute Gasteiger partial charge is 0.120 e. The Labute approximate surface area is 96.9 Å². The molecule has 0 radical (unpaired) electrons. The average molecular weight is 229 g/mol. The Balaban J connectivity index is 2.11. The minimum atomic E-state index is 0.449. The van der Waals surface area contributed by atoms with Crippen molar-refractivity contribution in [3.63, 3.8) is 0 Å². The topological polar surface area (TPSA) is 54.7 Å². The fraction of sp³-hybridized carbons (Fsp3) is 0.0833. The number of H-pyrrole nitrogens is 1. The van der Waals surface area contributed by atoms with E-state index in [1.54, 1.807) is 11.3 Å². The van der Waals surface area contributed by atoms with Gasteiger partial charge >= 0.3 is 0 Å². The summed E-state index contributed by atoms with van der Waals surface area (Å²) in [6.07, 6.45) is 1.84. The lowest BCUT2D eigenvalue weighted by Gasteiger charge is -1.89. The molecule has 0 aliphatic carbocycles. The van der Waals surface area contributed by atoms with Crippen LogP contribution in [0.3, 0.4) is 0 Å². The number of nitrogens with zero attached hydrogens (tertiary/aromatic N) is 1. The highest BCUT2D eigenvalue weighted by Gasteiger charge is 2.06. The summed E-state index contributed by atoms with van der Waals surface area (Å²) in [5, 5.41) is 1.27. The lowest BCUT2D eigenvalue weighted by molar-refractivity contribution is 0.951. The predicted octanol–water partition coefficient (Wildman–Crippen LogP) is 2.75. The van der Waals surface area contributed by atoms with Crippen molar-refractivity contribution in [2.45, 2.75) is 6.54 Å². The zero-order valence-corrected chi connectivity index (χ0v) is 9.42. The van der Waals surface area contributed by atoms with Crippen LogP contribution in [0.15, 0.2) is 36.5 Å².